The van der Waals surface area contributed by atoms with E-state index in [1.807, 2.05) is 25.1 Å². The number of hydrogen-bond acceptors (Lipinski definition) is 7. The van der Waals surface area contributed by atoms with Gasteiger partial charge in [-0.25, -0.2) is 4.98 Å². The van der Waals surface area contributed by atoms with Crippen LogP contribution in [-0.4, -0.2) is 54.4 Å². The first-order chi connectivity index (χ1) is 13.2. The van der Waals surface area contributed by atoms with Crippen LogP contribution in [0.15, 0.2) is 36.9 Å². The normalized spacial score (nSPS) is 16.4. The summed E-state index contributed by atoms with van der Waals surface area (Å²) in [6, 6.07) is 8.15. The van der Waals surface area contributed by atoms with E-state index in [0.717, 1.165) is 61.7 Å². The lowest BCUT2D eigenvalue weighted by atomic mass is 10.1. The van der Waals surface area contributed by atoms with Gasteiger partial charge in [-0.1, -0.05) is 12.1 Å². The van der Waals surface area contributed by atoms with E-state index in [2.05, 4.69) is 43.8 Å². The standard InChI is InChI=1S/C20H25N5O2/c1-3-6-21-19-11-15(2)22-20(23-19)25-9-7-24(8-10-25)13-16-4-5-17-18(12-16)27-14-26-17/h3-5,11-12H,1,6-10,13-14H2,2H3,(H,21,22,23). The summed E-state index contributed by atoms with van der Waals surface area (Å²) in [6.45, 7) is 11.4. The number of ether oxygens (including phenoxy) is 2. The lowest BCUT2D eigenvalue weighted by molar-refractivity contribution is 0.174. The Balaban J connectivity index is 1.36. The van der Waals surface area contributed by atoms with Crippen molar-refractivity contribution in [3.8, 4) is 11.5 Å². The molecule has 0 bridgehead atoms. The molecule has 0 saturated carbocycles. The fourth-order valence-electron chi connectivity index (χ4n) is 3.37. The van der Waals surface area contributed by atoms with Gasteiger partial charge < -0.3 is 19.7 Å². The number of benzene rings is 1. The van der Waals surface area contributed by atoms with Gasteiger partial charge in [-0.05, 0) is 24.6 Å². The number of aromatic nitrogens is 2. The molecule has 1 N–H and O–H groups in total. The topological polar surface area (TPSA) is 62.8 Å². The van der Waals surface area contributed by atoms with Crippen LogP contribution in [0, 0.1) is 6.92 Å². The molecule has 2 aliphatic heterocycles. The molecule has 2 aromatic rings. The van der Waals surface area contributed by atoms with Crippen LogP contribution in [0.1, 0.15) is 11.3 Å². The minimum Gasteiger partial charge on any atom is -0.454 e. The van der Waals surface area contributed by atoms with Gasteiger partial charge >= 0.3 is 0 Å². The molecule has 1 aromatic carbocycles. The molecule has 7 nitrogen and oxygen atoms in total. The zero-order valence-electron chi connectivity index (χ0n) is 15.6. The predicted molar refractivity (Wildman–Crippen MR) is 106 cm³/mol. The Morgan fingerprint density at radius 3 is 2.74 bits per heavy atom. The van der Waals surface area contributed by atoms with Crippen LogP contribution >= 0.6 is 0 Å². The van der Waals surface area contributed by atoms with Crippen LogP contribution in [0.2, 0.25) is 0 Å². The smallest absolute Gasteiger partial charge is 0.231 e. The third kappa shape index (κ3) is 4.14. The summed E-state index contributed by atoms with van der Waals surface area (Å²) in [4.78, 5) is 14.0. The maximum atomic E-state index is 5.48. The molecule has 7 heteroatoms. The summed E-state index contributed by atoms with van der Waals surface area (Å²) >= 11 is 0. The molecule has 1 aromatic heterocycles. The van der Waals surface area contributed by atoms with Crippen molar-refractivity contribution >= 4 is 11.8 Å². The molecule has 4 rings (SSSR count). The van der Waals surface area contributed by atoms with Gasteiger partial charge in [-0.2, -0.15) is 4.98 Å². The SMILES string of the molecule is C=CCNc1cc(C)nc(N2CCN(Cc3ccc4c(c3)OCO4)CC2)n1. The van der Waals surface area contributed by atoms with E-state index in [-0.39, 0.29) is 0 Å². The number of fused-ring (bicyclic) bond motifs is 1. The van der Waals surface area contributed by atoms with Gasteiger partial charge in [0.2, 0.25) is 12.7 Å². The zero-order valence-corrected chi connectivity index (χ0v) is 15.6. The Labute approximate surface area is 159 Å². The first kappa shape index (κ1) is 17.6. The highest BCUT2D eigenvalue weighted by molar-refractivity contribution is 5.45. The Kier molecular flexibility index (Phi) is 5.11. The maximum Gasteiger partial charge on any atom is 0.231 e. The first-order valence-electron chi connectivity index (χ1n) is 9.27. The van der Waals surface area contributed by atoms with Crippen molar-refractivity contribution in [1.29, 1.82) is 0 Å². The average Bonchev–Trinajstić information content (AvgIpc) is 3.14. The van der Waals surface area contributed by atoms with Crippen LogP contribution in [0.25, 0.3) is 0 Å². The van der Waals surface area contributed by atoms with Crippen molar-refractivity contribution in [3.63, 3.8) is 0 Å². The van der Waals surface area contributed by atoms with Gasteiger partial charge in [0, 0.05) is 51.0 Å². The quantitative estimate of drug-likeness (QED) is 0.787. The van der Waals surface area contributed by atoms with Crippen LogP contribution in [0.4, 0.5) is 11.8 Å². The number of anilines is 2. The molecule has 1 fully saturated rings. The summed E-state index contributed by atoms with van der Waals surface area (Å²) in [5, 5.41) is 3.25. The average molecular weight is 367 g/mol. The number of nitrogens with one attached hydrogen (secondary N) is 1. The van der Waals surface area contributed by atoms with E-state index in [9.17, 15) is 0 Å². The van der Waals surface area contributed by atoms with Gasteiger partial charge in [0.1, 0.15) is 5.82 Å². The van der Waals surface area contributed by atoms with Crippen LogP contribution in [0.3, 0.4) is 0 Å². The van der Waals surface area contributed by atoms with E-state index in [0.29, 0.717) is 13.3 Å². The Hall–Kier alpha value is -2.80. The Morgan fingerprint density at radius 2 is 1.93 bits per heavy atom. The largest absolute Gasteiger partial charge is 0.454 e. The third-order valence-corrected chi connectivity index (χ3v) is 4.77. The van der Waals surface area contributed by atoms with Crippen molar-refractivity contribution in [3.05, 3.63) is 48.2 Å². The lowest BCUT2D eigenvalue weighted by Crippen LogP contribution is -2.46. The van der Waals surface area contributed by atoms with E-state index < -0.39 is 0 Å². The minimum atomic E-state index is 0.317. The highest BCUT2D eigenvalue weighted by atomic mass is 16.7. The van der Waals surface area contributed by atoms with Crippen LogP contribution < -0.4 is 19.7 Å². The zero-order chi connectivity index (χ0) is 18.6. The van der Waals surface area contributed by atoms with Crippen LogP contribution in [0.5, 0.6) is 11.5 Å². The number of aryl methyl sites for hydroxylation is 1. The molecule has 0 spiro atoms. The molecule has 0 atom stereocenters. The molecule has 0 amide bonds. The molecular weight excluding hydrogens is 342 g/mol. The molecule has 0 unspecified atom stereocenters. The van der Waals surface area contributed by atoms with E-state index >= 15 is 0 Å². The van der Waals surface area contributed by atoms with Crippen molar-refractivity contribution in [1.82, 2.24) is 14.9 Å². The van der Waals surface area contributed by atoms with Gasteiger partial charge in [-0.15, -0.1) is 6.58 Å². The summed E-state index contributed by atoms with van der Waals surface area (Å²) < 4.78 is 10.9. The summed E-state index contributed by atoms with van der Waals surface area (Å²) in [5.74, 6) is 3.32. The van der Waals surface area contributed by atoms with Crippen molar-refractivity contribution in [2.45, 2.75) is 13.5 Å². The fourth-order valence-corrected chi connectivity index (χ4v) is 3.37. The second-order valence-electron chi connectivity index (χ2n) is 6.81. The maximum absolute atomic E-state index is 5.48. The molecular formula is C20H25N5O2. The molecule has 27 heavy (non-hydrogen) atoms. The van der Waals surface area contributed by atoms with Gasteiger partial charge in [-0.3, -0.25) is 4.90 Å². The van der Waals surface area contributed by atoms with Gasteiger partial charge in [0.15, 0.2) is 11.5 Å². The number of nitrogens with zero attached hydrogens (tertiary/aromatic N) is 4. The van der Waals surface area contributed by atoms with Crippen molar-refractivity contribution in [2.24, 2.45) is 0 Å². The van der Waals surface area contributed by atoms with Crippen LogP contribution in [-0.2, 0) is 6.54 Å². The fraction of sp³-hybridized carbons (Fsp3) is 0.400. The number of piperazine rings is 1. The van der Waals surface area contributed by atoms with E-state index in [1.54, 1.807) is 0 Å². The van der Waals surface area contributed by atoms with Gasteiger partial charge in [0.05, 0.1) is 0 Å². The molecule has 1 saturated heterocycles. The molecule has 3 heterocycles. The lowest BCUT2D eigenvalue weighted by Gasteiger charge is -2.35. The van der Waals surface area contributed by atoms with E-state index in [4.69, 9.17) is 9.47 Å². The summed E-state index contributed by atoms with van der Waals surface area (Å²) in [6.07, 6.45) is 1.83. The number of rotatable bonds is 6. The second-order valence-corrected chi connectivity index (χ2v) is 6.81. The van der Waals surface area contributed by atoms with Crippen molar-refractivity contribution in [2.75, 3.05) is 49.7 Å². The highest BCUT2D eigenvalue weighted by Gasteiger charge is 2.21. The monoisotopic (exact) mass is 367 g/mol. The Morgan fingerprint density at radius 1 is 1.11 bits per heavy atom. The molecule has 142 valence electrons. The highest BCUT2D eigenvalue weighted by Crippen LogP contribution is 2.32. The van der Waals surface area contributed by atoms with Gasteiger partial charge in [0.25, 0.3) is 0 Å². The molecule has 2 aliphatic rings. The molecule has 0 aliphatic carbocycles. The summed E-state index contributed by atoms with van der Waals surface area (Å²) in [5.41, 5.74) is 2.21. The first-order valence-corrected chi connectivity index (χ1v) is 9.27. The minimum absolute atomic E-state index is 0.317. The predicted octanol–water partition coefficient (Wildman–Crippen LogP) is 2.43. The second kappa shape index (κ2) is 7.84. The third-order valence-electron chi connectivity index (χ3n) is 4.77. The Bertz CT molecular complexity index is 818. The van der Waals surface area contributed by atoms with E-state index in [1.165, 1.54) is 5.56 Å². The number of hydrogen-bond donors (Lipinski definition) is 1. The summed E-state index contributed by atoms with van der Waals surface area (Å²) in [7, 11) is 0. The van der Waals surface area contributed by atoms with Crippen molar-refractivity contribution < 1.29 is 9.47 Å². The molecule has 0 radical (unpaired) electrons.